The summed E-state index contributed by atoms with van der Waals surface area (Å²) in [4.78, 5) is 10.7. The first-order valence-corrected chi connectivity index (χ1v) is 7.67. The van der Waals surface area contributed by atoms with Gasteiger partial charge in [0.1, 0.15) is 5.76 Å². The second-order valence-electron chi connectivity index (χ2n) is 5.15. The summed E-state index contributed by atoms with van der Waals surface area (Å²) in [6.45, 7) is 0.463. The van der Waals surface area contributed by atoms with Gasteiger partial charge < -0.3 is 9.73 Å². The minimum Gasteiger partial charge on any atom is -0.469 e. The van der Waals surface area contributed by atoms with Gasteiger partial charge in [0, 0.05) is 40.7 Å². The number of halogens is 1. The molecule has 0 radical (unpaired) electrons. The van der Waals surface area contributed by atoms with Crippen LogP contribution in [0, 0.1) is 10.1 Å². The lowest BCUT2D eigenvalue weighted by molar-refractivity contribution is -0.385. The zero-order chi connectivity index (χ0) is 14.8. The predicted molar refractivity (Wildman–Crippen MR) is 82.0 cm³/mol. The molecule has 1 aliphatic rings. The summed E-state index contributed by atoms with van der Waals surface area (Å²) in [5.41, 5.74) is 2.01. The van der Waals surface area contributed by atoms with Gasteiger partial charge in [-0.15, -0.1) is 0 Å². The Morgan fingerprint density at radius 2 is 2.29 bits per heavy atom. The molecule has 1 aromatic carbocycles. The van der Waals surface area contributed by atoms with Crippen molar-refractivity contribution >= 4 is 21.6 Å². The van der Waals surface area contributed by atoms with Crippen molar-refractivity contribution in [3.8, 4) is 0 Å². The molecule has 21 heavy (non-hydrogen) atoms. The quantitative estimate of drug-likeness (QED) is 0.665. The Labute approximate surface area is 130 Å². The first-order chi connectivity index (χ1) is 10.1. The highest BCUT2D eigenvalue weighted by Crippen LogP contribution is 2.31. The van der Waals surface area contributed by atoms with Crippen LogP contribution >= 0.6 is 15.9 Å². The number of hydrogen-bond donors (Lipinski definition) is 1. The SMILES string of the molecule is O=[N+]([O-])c1ccc(Br)cc1CNC1CCCc2occc21. The Kier molecular flexibility index (Phi) is 4.07. The third kappa shape index (κ3) is 3.01. The van der Waals surface area contributed by atoms with Crippen LogP contribution in [0.25, 0.3) is 0 Å². The van der Waals surface area contributed by atoms with Crippen LogP contribution < -0.4 is 5.32 Å². The van der Waals surface area contributed by atoms with E-state index in [4.69, 9.17) is 4.42 Å². The second-order valence-corrected chi connectivity index (χ2v) is 6.07. The Morgan fingerprint density at radius 1 is 1.43 bits per heavy atom. The van der Waals surface area contributed by atoms with Crippen LogP contribution in [0.15, 0.2) is 39.4 Å². The molecular formula is C15H15BrN2O3. The molecule has 2 aromatic rings. The summed E-state index contributed by atoms with van der Waals surface area (Å²) in [6, 6.07) is 7.21. The molecule has 1 unspecified atom stereocenters. The van der Waals surface area contributed by atoms with Crippen molar-refractivity contribution in [2.24, 2.45) is 0 Å². The monoisotopic (exact) mass is 350 g/mol. The summed E-state index contributed by atoms with van der Waals surface area (Å²) in [5, 5.41) is 14.5. The maximum atomic E-state index is 11.1. The minimum atomic E-state index is -0.340. The summed E-state index contributed by atoms with van der Waals surface area (Å²) in [6.07, 6.45) is 4.77. The molecule has 0 fully saturated rings. The maximum absolute atomic E-state index is 11.1. The van der Waals surface area contributed by atoms with Gasteiger partial charge in [-0.25, -0.2) is 0 Å². The van der Waals surface area contributed by atoms with Crippen LogP contribution in [0.5, 0.6) is 0 Å². The van der Waals surface area contributed by atoms with E-state index in [1.165, 1.54) is 11.6 Å². The lowest BCUT2D eigenvalue weighted by Gasteiger charge is -2.22. The molecule has 0 aliphatic heterocycles. The van der Waals surface area contributed by atoms with E-state index < -0.39 is 0 Å². The maximum Gasteiger partial charge on any atom is 0.273 e. The highest BCUT2D eigenvalue weighted by molar-refractivity contribution is 9.10. The average molecular weight is 351 g/mol. The first kappa shape index (κ1) is 14.3. The van der Waals surface area contributed by atoms with Gasteiger partial charge in [0.2, 0.25) is 0 Å². The molecule has 0 amide bonds. The van der Waals surface area contributed by atoms with Gasteiger partial charge in [0.25, 0.3) is 5.69 Å². The van der Waals surface area contributed by atoms with Gasteiger partial charge in [-0.05, 0) is 31.0 Å². The van der Waals surface area contributed by atoms with Crippen LogP contribution in [0.3, 0.4) is 0 Å². The van der Waals surface area contributed by atoms with Crippen molar-refractivity contribution in [1.29, 1.82) is 0 Å². The topological polar surface area (TPSA) is 68.3 Å². The lowest BCUT2D eigenvalue weighted by atomic mass is 9.93. The van der Waals surface area contributed by atoms with E-state index in [1.807, 2.05) is 6.07 Å². The zero-order valence-corrected chi connectivity index (χ0v) is 12.9. The number of nitrogens with zero attached hydrogens (tertiary/aromatic N) is 1. The van der Waals surface area contributed by atoms with Crippen molar-refractivity contribution in [2.45, 2.75) is 31.8 Å². The van der Waals surface area contributed by atoms with Crippen LogP contribution in [0.1, 0.15) is 35.8 Å². The molecule has 0 saturated heterocycles. The second kappa shape index (κ2) is 5.99. The largest absolute Gasteiger partial charge is 0.469 e. The van der Waals surface area contributed by atoms with Gasteiger partial charge in [0.05, 0.1) is 11.2 Å². The van der Waals surface area contributed by atoms with Crippen LogP contribution in [-0.2, 0) is 13.0 Å². The lowest BCUT2D eigenvalue weighted by Crippen LogP contribution is -2.24. The number of nitro groups is 1. The molecule has 3 rings (SSSR count). The average Bonchev–Trinajstić information content (AvgIpc) is 2.93. The fraction of sp³-hybridized carbons (Fsp3) is 0.333. The van der Waals surface area contributed by atoms with Crippen LogP contribution in [0.4, 0.5) is 5.69 Å². The number of rotatable bonds is 4. The molecular weight excluding hydrogens is 336 g/mol. The van der Waals surface area contributed by atoms with Gasteiger partial charge >= 0.3 is 0 Å². The zero-order valence-electron chi connectivity index (χ0n) is 11.3. The molecule has 5 nitrogen and oxygen atoms in total. The Bertz CT molecular complexity index is 669. The van der Waals surface area contributed by atoms with Crippen molar-refractivity contribution in [1.82, 2.24) is 5.32 Å². The van der Waals surface area contributed by atoms with Crippen LogP contribution in [0.2, 0.25) is 0 Å². The van der Waals surface area contributed by atoms with Crippen molar-refractivity contribution in [2.75, 3.05) is 0 Å². The molecule has 6 heteroatoms. The highest BCUT2D eigenvalue weighted by Gasteiger charge is 2.23. The number of nitro benzene ring substituents is 1. The predicted octanol–water partition coefficient (Wildman–Crippen LogP) is 4.12. The fourth-order valence-corrected chi connectivity index (χ4v) is 3.21. The molecule has 0 bridgehead atoms. The van der Waals surface area contributed by atoms with Gasteiger partial charge in [0.15, 0.2) is 0 Å². The van der Waals surface area contributed by atoms with E-state index in [9.17, 15) is 10.1 Å². The van der Waals surface area contributed by atoms with Crippen molar-refractivity contribution in [3.63, 3.8) is 0 Å². The summed E-state index contributed by atoms with van der Waals surface area (Å²) < 4.78 is 6.31. The van der Waals surface area contributed by atoms with Crippen molar-refractivity contribution < 1.29 is 9.34 Å². The number of nitrogens with one attached hydrogen (secondary N) is 1. The Hall–Kier alpha value is -1.66. The number of hydrogen-bond acceptors (Lipinski definition) is 4. The molecule has 0 spiro atoms. The van der Waals surface area contributed by atoms with E-state index in [-0.39, 0.29) is 16.7 Å². The molecule has 110 valence electrons. The van der Waals surface area contributed by atoms with E-state index in [0.717, 1.165) is 29.5 Å². The number of aryl methyl sites for hydroxylation is 1. The van der Waals surface area contributed by atoms with E-state index in [2.05, 4.69) is 21.2 Å². The molecule has 1 atom stereocenters. The molecule has 0 saturated carbocycles. The molecule has 1 N–H and O–H groups in total. The summed E-state index contributed by atoms with van der Waals surface area (Å²) >= 11 is 3.37. The Morgan fingerprint density at radius 3 is 3.10 bits per heavy atom. The first-order valence-electron chi connectivity index (χ1n) is 6.87. The standard InChI is InChI=1S/C15H15BrN2O3/c16-11-4-5-14(18(19)20)10(8-11)9-17-13-2-1-3-15-12(13)6-7-21-15/h4-8,13,17H,1-3,9H2. The van der Waals surface area contributed by atoms with E-state index in [1.54, 1.807) is 18.4 Å². The van der Waals surface area contributed by atoms with Crippen molar-refractivity contribution in [3.05, 3.63) is 62.0 Å². The molecule has 1 heterocycles. The van der Waals surface area contributed by atoms with E-state index in [0.29, 0.717) is 12.1 Å². The molecule has 1 aliphatic carbocycles. The third-order valence-electron chi connectivity index (χ3n) is 3.83. The van der Waals surface area contributed by atoms with Gasteiger partial charge in [-0.1, -0.05) is 15.9 Å². The number of fused-ring (bicyclic) bond motifs is 1. The van der Waals surface area contributed by atoms with E-state index >= 15 is 0 Å². The summed E-state index contributed by atoms with van der Waals surface area (Å²) in [7, 11) is 0. The highest BCUT2D eigenvalue weighted by atomic mass is 79.9. The Balaban J connectivity index is 1.77. The minimum absolute atomic E-state index is 0.147. The smallest absolute Gasteiger partial charge is 0.273 e. The number of furan rings is 1. The number of benzene rings is 1. The molecule has 1 aromatic heterocycles. The third-order valence-corrected chi connectivity index (χ3v) is 4.32. The fourth-order valence-electron chi connectivity index (χ4n) is 2.81. The summed E-state index contributed by atoms with van der Waals surface area (Å²) in [5.74, 6) is 1.03. The normalized spacial score (nSPS) is 17.5. The van der Waals surface area contributed by atoms with Crippen LogP contribution in [-0.4, -0.2) is 4.92 Å². The van der Waals surface area contributed by atoms with Gasteiger partial charge in [-0.3, -0.25) is 10.1 Å². The van der Waals surface area contributed by atoms with Gasteiger partial charge in [-0.2, -0.15) is 0 Å².